The molecule has 2 aromatic heterocycles. The third-order valence-corrected chi connectivity index (χ3v) is 3.25. The highest BCUT2D eigenvalue weighted by molar-refractivity contribution is 7.98. The number of halogens is 1. The zero-order valence-corrected chi connectivity index (χ0v) is 9.44. The molecule has 0 saturated heterocycles. The van der Waals surface area contributed by atoms with Crippen molar-refractivity contribution in [2.45, 2.75) is 10.8 Å². The van der Waals surface area contributed by atoms with Gasteiger partial charge in [0.1, 0.15) is 5.03 Å². The summed E-state index contributed by atoms with van der Waals surface area (Å²) in [6, 6.07) is 3.59. The van der Waals surface area contributed by atoms with Crippen LogP contribution in [0.15, 0.2) is 28.0 Å². The second-order valence-electron chi connectivity index (χ2n) is 2.46. The maximum Gasteiger partial charge on any atom is 0.151 e. The van der Waals surface area contributed by atoms with Crippen LogP contribution in [-0.2, 0) is 5.75 Å². The second-order valence-corrected chi connectivity index (χ2v) is 4.56. The average Bonchev–Trinajstić information content (AvgIpc) is 2.70. The van der Waals surface area contributed by atoms with E-state index in [-0.39, 0.29) is 0 Å². The van der Waals surface area contributed by atoms with E-state index in [1.807, 2.05) is 17.0 Å². The van der Waals surface area contributed by atoms with Crippen LogP contribution in [0.2, 0.25) is 5.15 Å². The standard InChI is InChI=1S/C8H6ClN3S2/c9-7-1-2-8(12-11-7)14-4-6-3-13-5-10-6/h1-3,5H,4H2. The Morgan fingerprint density at radius 1 is 1.36 bits per heavy atom. The van der Waals surface area contributed by atoms with E-state index in [4.69, 9.17) is 11.6 Å². The van der Waals surface area contributed by atoms with Gasteiger partial charge in [-0.3, -0.25) is 0 Å². The van der Waals surface area contributed by atoms with Gasteiger partial charge in [-0.15, -0.1) is 21.5 Å². The van der Waals surface area contributed by atoms with E-state index in [2.05, 4.69) is 15.2 Å². The van der Waals surface area contributed by atoms with E-state index in [9.17, 15) is 0 Å². The van der Waals surface area contributed by atoms with Gasteiger partial charge in [-0.25, -0.2) is 4.98 Å². The molecule has 0 amide bonds. The molecule has 0 aromatic carbocycles. The third-order valence-electron chi connectivity index (χ3n) is 1.46. The Balaban J connectivity index is 1.95. The maximum absolute atomic E-state index is 5.62. The van der Waals surface area contributed by atoms with Crippen molar-refractivity contribution in [3.05, 3.63) is 33.9 Å². The molecule has 14 heavy (non-hydrogen) atoms. The number of thiazole rings is 1. The monoisotopic (exact) mass is 243 g/mol. The molecule has 2 heterocycles. The first-order valence-corrected chi connectivity index (χ1v) is 6.14. The molecule has 0 atom stereocenters. The zero-order valence-electron chi connectivity index (χ0n) is 7.05. The predicted octanol–water partition coefficient (Wildman–Crippen LogP) is 2.88. The van der Waals surface area contributed by atoms with Gasteiger partial charge in [-0.1, -0.05) is 23.4 Å². The molecule has 2 aromatic rings. The van der Waals surface area contributed by atoms with E-state index < -0.39 is 0 Å². The minimum Gasteiger partial charge on any atom is -0.249 e. The Hall–Kier alpha value is -0.650. The van der Waals surface area contributed by atoms with Gasteiger partial charge < -0.3 is 0 Å². The van der Waals surface area contributed by atoms with Crippen molar-refractivity contribution < 1.29 is 0 Å². The highest BCUT2D eigenvalue weighted by Crippen LogP contribution is 2.20. The van der Waals surface area contributed by atoms with Gasteiger partial charge in [0.15, 0.2) is 5.15 Å². The van der Waals surface area contributed by atoms with Crippen LogP contribution in [0.25, 0.3) is 0 Å². The number of nitrogens with zero attached hydrogens (tertiary/aromatic N) is 3. The lowest BCUT2D eigenvalue weighted by molar-refractivity contribution is 0.929. The first kappa shape index (κ1) is 9.89. The molecule has 0 bridgehead atoms. The minimum atomic E-state index is 0.419. The summed E-state index contributed by atoms with van der Waals surface area (Å²) in [5.41, 5.74) is 2.89. The summed E-state index contributed by atoms with van der Waals surface area (Å²) in [4.78, 5) is 4.17. The van der Waals surface area contributed by atoms with E-state index in [1.165, 1.54) is 0 Å². The number of rotatable bonds is 3. The van der Waals surface area contributed by atoms with Gasteiger partial charge in [0.25, 0.3) is 0 Å². The number of hydrogen-bond donors (Lipinski definition) is 0. The molecular weight excluding hydrogens is 238 g/mol. The number of hydrogen-bond acceptors (Lipinski definition) is 5. The Morgan fingerprint density at radius 3 is 2.93 bits per heavy atom. The van der Waals surface area contributed by atoms with Crippen LogP contribution in [0, 0.1) is 0 Å². The summed E-state index contributed by atoms with van der Waals surface area (Å²) in [7, 11) is 0. The summed E-state index contributed by atoms with van der Waals surface area (Å²) < 4.78 is 0. The molecule has 0 saturated carbocycles. The van der Waals surface area contributed by atoms with Crippen molar-refractivity contribution in [1.29, 1.82) is 0 Å². The molecule has 72 valence electrons. The lowest BCUT2D eigenvalue weighted by Crippen LogP contribution is -1.86. The third kappa shape index (κ3) is 2.67. The van der Waals surface area contributed by atoms with Gasteiger partial charge in [0, 0.05) is 11.1 Å². The van der Waals surface area contributed by atoms with Gasteiger partial charge in [0.05, 0.1) is 11.2 Å². The summed E-state index contributed by atoms with van der Waals surface area (Å²) in [6.45, 7) is 0. The summed E-state index contributed by atoms with van der Waals surface area (Å²) in [5.74, 6) is 0.819. The SMILES string of the molecule is Clc1ccc(SCc2cscn2)nn1. The van der Waals surface area contributed by atoms with E-state index in [1.54, 1.807) is 29.2 Å². The van der Waals surface area contributed by atoms with Crippen molar-refractivity contribution >= 4 is 34.7 Å². The average molecular weight is 244 g/mol. The summed E-state index contributed by atoms with van der Waals surface area (Å²) >= 11 is 8.81. The molecule has 3 nitrogen and oxygen atoms in total. The van der Waals surface area contributed by atoms with Crippen LogP contribution in [-0.4, -0.2) is 15.2 Å². The van der Waals surface area contributed by atoms with Crippen LogP contribution < -0.4 is 0 Å². The highest BCUT2D eigenvalue weighted by atomic mass is 35.5. The topological polar surface area (TPSA) is 38.7 Å². The van der Waals surface area contributed by atoms with Crippen molar-refractivity contribution in [3.8, 4) is 0 Å². The van der Waals surface area contributed by atoms with E-state index in [0.29, 0.717) is 5.15 Å². The van der Waals surface area contributed by atoms with Crippen LogP contribution in [0.5, 0.6) is 0 Å². The smallest absolute Gasteiger partial charge is 0.151 e. The van der Waals surface area contributed by atoms with Crippen LogP contribution in [0.3, 0.4) is 0 Å². The first-order valence-electron chi connectivity index (χ1n) is 3.84. The summed E-state index contributed by atoms with van der Waals surface area (Å²) in [5, 5.41) is 11.0. The lowest BCUT2D eigenvalue weighted by Gasteiger charge is -1.96. The maximum atomic E-state index is 5.62. The Morgan fingerprint density at radius 2 is 2.29 bits per heavy atom. The molecule has 0 aliphatic heterocycles. The molecule has 0 radical (unpaired) electrons. The fraction of sp³-hybridized carbons (Fsp3) is 0.125. The highest BCUT2D eigenvalue weighted by Gasteiger charge is 1.99. The minimum absolute atomic E-state index is 0.419. The van der Waals surface area contributed by atoms with Gasteiger partial charge in [-0.05, 0) is 12.1 Å². The predicted molar refractivity (Wildman–Crippen MR) is 58.7 cm³/mol. The molecule has 0 unspecified atom stereocenters. The van der Waals surface area contributed by atoms with Crippen molar-refractivity contribution in [3.63, 3.8) is 0 Å². The van der Waals surface area contributed by atoms with Crippen LogP contribution in [0.1, 0.15) is 5.69 Å². The number of aromatic nitrogens is 3. The fourth-order valence-electron chi connectivity index (χ4n) is 0.837. The second kappa shape index (κ2) is 4.72. The molecule has 0 aliphatic rings. The van der Waals surface area contributed by atoms with Gasteiger partial charge >= 0.3 is 0 Å². The van der Waals surface area contributed by atoms with Crippen molar-refractivity contribution in [2.24, 2.45) is 0 Å². The molecule has 6 heteroatoms. The number of thioether (sulfide) groups is 1. The largest absolute Gasteiger partial charge is 0.249 e. The molecule has 0 aliphatic carbocycles. The Bertz CT molecular complexity index is 387. The Kier molecular flexibility index (Phi) is 3.34. The van der Waals surface area contributed by atoms with Crippen molar-refractivity contribution in [2.75, 3.05) is 0 Å². The quantitative estimate of drug-likeness (QED) is 0.777. The lowest BCUT2D eigenvalue weighted by atomic mass is 10.6. The molecule has 0 spiro atoms. The fourth-order valence-corrected chi connectivity index (χ4v) is 2.32. The molecule has 0 N–H and O–H groups in total. The molecule has 0 fully saturated rings. The van der Waals surface area contributed by atoms with Crippen molar-refractivity contribution in [1.82, 2.24) is 15.2 Å². The molecule has 2 rings (SSSR count). The normalized spacial score (nSPS) is 10.4. The summed E-state index contributed by atoms with van der Waals surface area (Å²) in [6.07, 6.45) is 0. The van der Waals surface area contributed by atoms with Crippen LogP contribution in [0.4, 0.5) is 0 Å². The zero-order chi connectivity index (χ0) is 9.80. The van der Waals surface area contributed by atoms with Gasteiger partial charge in [0.2, 0.25) is 0 Å². The van der Waals surface area contributed by atoms with E-state index >= 15 is 0 Å². The van der Waals surface area contributed by atoms with Crippen LogP contribution >= 0.6 is 34.7 Å². The molecular formula is C8H6ClN3S2. The Labute approximate surface area is 94.5 Å². The first-order chi connectivity index (χ1) is 6.84. The van der Waals surface area contributed by atoms with Gasteiger partial charge in [-0.2, -0.15) is 0 Å². The van der Waals surface area contributed by atoms with E-state index in [0.717, 1.165) is 16.5 Å².